The fourth-order valence-corrected chi connectivity index (χ4v) is 1.50. The third-order valence-corrected chi connectivity index (χ3v) is 2.25. The lowest BCUT2D eigenvalue weighted by Gasteiger charge is -2.21. The summed E-state index contributed by atoms with van der Waals surface area (Å²) in [6.45, 7) is 4.08. The Bertz CT molecular complexity index is 106. The van der Waals surface area contributed by atoms with Crippen LogP contribution in [0.25, 0.3) is 0 Å². The molecule has 0 aromatic carbocycles. The van der Waals surface area contributed by atoms with Gasteiger partial charge in [-0.25, -0.2) is 0 Å². The summed E-state index contributed by atoms with van der Waals surface area (Å²) in [5.41, 5.74) is 0. The van der Waals surface area contributed by atoms with Crippen molar-refractivity contribution in [1.82, 2.24) is 0 Å². The molecule has 0 aromatic rings. The summed E-state index contributed by atoms with van der Waals surface area (Å²) in [7, 11) is 0. The Morgan fingerprint density at radius 1 is 1.22 bits per heavy atom. The van der Waals surface area contributed by atoms with Gasteiger partial charge in [0.05, 0.1) is 0 Å². The van der Waals surface area contributed by atoms with Crippen molar-refractivity contribution in [3.05, 3.63) is 0 Å². The number of rotatable bonds is 0. The van der Waals surface area contributed by atoms with E-state index in [4.69, 9.17) is 0 Å². The number of Topliss-reactive ketones (excluding diaryl/α,β-unsaturated/α-hetero) is 1. The SMILES string of the molecule is CC1CCC[C@@H](C)C1=O. The first-order chi connectivity index (χ1) is 4.22. The van der Waals surface area contributed by atoms with Crippen LogP contribution >= 0.6 is 0 Å². The second-order valence-corrected chi connectivity index (χ2v) is 3.14. The number of ketones is 1. The predicted molar refractivity (Wildman–Crippen MR) is 37.2 cm³/mol. The molecule has 1 unspecified atom stereocenters. The fraction of sp³-hybridized carbons (Fsp3) is 0.875. The zero-order valence-electron chi connectivity index (χ0n) is 6.18. The van der Waals surface area contributed by atoms with Crippen LogP contribution in [0.3, 0.4) is 0 Å². The smallest absolute Gasteiger partial charge is 0.138 e. The van der Waals surface area contributed by atoms with Gasteiger partial charge in [0.15, 0.2) is 0 Å². The number of hydrogen-bond donors (Lipinski definition) is 0. The quantitative estimate of drug-likeness (QED) is 0.485. The third kappa shape index (κ3) is 1.32. The van der Waals surface area contributed by atoms with Crippen LogP contribution in [0.1, 0.15) is 33.1 Å². The minimum Gasteiger partial charge on any atom is -0.299 e. The molecule has 0 aliphatic heterocycles. The van der Waals surface area contributed by atoms with E-state index in [1.807, 2.05) is 13.8 Å². The second-order valence-electron chi connectivity index (χ2n) is 3.14. The van der Waals surface area contributed by atoms with Gasteiger partial charge in [-0.3, -0.25) is 4.79 Å². The first kappa shape index (κ1) is 6.79. The second kappa shape index (κ2) is 2.51. The molecule has 1 nitrogen and oxygen atoms in total. The zero-order chi connectivity index (χ0) is 6.85. The van der Waals surface area contributed by atoms with E-state index in [1.54, 1.807) is 0 Å². The maximum Gasteiger partial charge on any atom is 0.138 e. The normalized spacial score (nSPS) is 36.9. The van der Waals surface area contributed by atoms with Crippen molar-refractivity contribution in [2.45, 2.75) is 33.1 Å². The molecule has 52 valence electrons. The summed E-state index contributed by atoms with van der Waals surface area (Å²) in [5.74, 6) is 1.16. The standard InChI is InChI=1S/C8H14O/c1-6-4-3-5-7(2)8(6)9/h6-7H,3-5H2,1-2H3/t6-,7?/m1/s1. The summed E-state index contributed by atoms with van der Waals surface area (Å²) < 4.78 is 0. The Morgan fingerprint density at radius 2 is 1.67 bits per heavy atom. The molecule has 0 amide bonds. The Labute approximate surface area is 56.4 Å². The molecule has 0 saturated heterocycles. The first-order valence-electron chi connectivity index (χ1n) is 3.75. The topological polar surface area (TPSA) is 17.1 Å². The van der Waals surface area contributed by atoms with Crippen LogP contribution in [0.5, 0.6) is 0 Å². The van der Waals surface area contributed by atoms with E-state index >= 15 is 0 Å². The summed E-state index contributed by atoms with van der Waals surface area (Å²) >= 11 is 0. The zero-order valence-corrected chi connectivity index (χ0v) is 6.18. The molecule has 0 aromatic heterocycles. The third-order valence-electron chi connectivity index (χ3n) is 2.25. The van der Waals surface area contributed by atoms with Crippen LogP contribution < -0.4 is 0 Å². The molecule has 0 bridgehead atoms. The van der Waals surface area contributed by atoms with Crippen molar-refractivity contribution in [3.63, 3.8) is 0 Å². The van der Waals surface area contributed by atoms with Crippen LogP contribution in [0.2, 0.25) is 0 Å². The van der Waals surface area contributed by atoms with E-state index in [1.165, 1.54) is 6.42 Å². The van der Waals surface area contributed by atoms with Crippen molar-refractivity contribution in [1.29, 1.82) is 0 Å². The Hall–Kier alpha value is -0.330. The van der Waals surface area contributed by atoms with E-state index in [9.17, 15) is 4.79 Å². The molecule has 0 radical (unpaired) electrons. The first-order valence-corrected chi connectivity index (χ1v) is 3.75. The van der Waals surface area contributed by atoms with E-state index in [0.717, 1.165) is 12.8 Å². The fourth-order valence-electron chi connectivity index (χ4n) is 1.50. The van der Waals surface area contributed by atoms with Gasteiger partial charge in [0.25, 0.3) is 0 Å². The van der Waals surface area contributed by atoms with Crippen molar-refractivity contribution >= 4 is 5.78 Å². The lowest BCUT2D eigenvalue weighted by molar-refractivity contribution is -0.127. The lowest BCUT2D eigenvalue weighted by atomic mass is 9.82. The summed E-state index contributed by atoms with van der Waals surface area (Å²) in [5, 5.41) is 0. The van der Waals surface area contributed by atoms with Crippen LogP contribution in [0, 0.1) is 11.8 Å². The number of hydrogen-bond acceptors (Lipinski definition) is 1. The van der Waals surface area contributed by atoms with Crippen LogP contribution in [0.4, 0.5) is 0 Å². The average Bonchev–Trinajstić information content (AvgIpc) is 1.83. The molecule has 0 heterocycles. The highest BCUT2D eigenvalue weighted by Gasteiger charge is 2.23. The van der Waals surface area contributed by atoms with Crippen LogP contribution in [-0.4, -0.2) is 5.78 Å². The summed E-state index contributed by atoms with van der Waals surface area (Å²) in [4.78, 5) is 11.1. The van der Waals surface area contributed by atoms with E-state index < -0.39 is 0 Å². The number of carbonyl (C=O) groups excluding carboxylic acids is 1. The van der Waals surface area contributed by atoms with Crippen molar-refractivity contribution in [2.24, 2.45) is 11.8 Å². The highest BCUT2D eigenvalue weighted by Crippen LogP contribution is 2.24. The highest BCUT2D eigenvalue weighted by atomic mass is 16.1. The maximum absolute atomic E-state index is 11.1. The van der Waals surface area contributed by atoms with Crippen molar-refractivity contribution in [3.8, 4) is 0 Å². The van der Waals surface area contributed by atoms with Gasteiger partial charge in [0, 0.05) is 11.8 Å². The number of carbonyl (C=O) groups is 1. The van der Waals surface area contributed by atoms with Gasteiger partial charge in [-0.2, -0.15) is 0 Å². The molecule has 1 aliphatic carbocycles. The van der Waals surface area contributed by atoms with Gasteiger partial charge in [0.2, 0.25) is 0 Å². The lowest BCUT2D eigenvalue weighted by Crippen LogP contribution is -2.23. The summed E-state index contributed by atoms with van der Waals surface area (Å²) in [6, 6.07) is 0. The molecular weight excluding hydrogens is 112 g/mol. The predicted octanol–water partition coefficient (Wildman–Crippen LogP) is 2.01. The van der Waals surface area contributed by atoms with Gasteiger partial charge in [0.1, 0.15) is 5.78 Å². The minimum absolute atomic E-state index is 0.341. The van der Waals surface area contributed by atoms with Crippen molar-refractivity contribution < 1.29 is 4.79 Å². The molecule has 9 heavy (non-hydrogen) atoms. The van der Waals surface area contributed by atoms with E-state index in [0.29, 0.717) is 17.6 Å². The molecule has 1 fully saturated rings. The Morgan fingerprint density at radius 3 is 2.00 bits per heavy atom. The van der Waals surface area contributed by atoms with Gasteiger partial charge in [-0.1, -0.05) is 20.3 Å². The van der Waals surface area contributed by atoms with Gasteiger partial charge in [-0.05, 0) is 12.8 Å². The summed E-state index contributed by atoms with van der Waals surface area (Å²) in [6.07, 6.45) is 3.47. The van der Waals surface area contributed by atoms with Gasteiger partial charge in [-0.15, -0.1) is 0 Å². The van der Waals surface area contributed by atoms with E-state index in [2.05, 4.69) is 0 Å². The largest absolute Gasteiger partial charge is 0.299 e. The maximum atomic E-state index is 11.1. The molecule has 2 atom stereocenters. The Balaban J connectivity index is 2.52. The molecule has 0 N–H and O–H groups in total. The van der Waals surface area contributed by atoms with E-state index in [-0.39, 0.29) is 0 Å². The molecular formula is C8H14O. The van der Waals surface area contributed by atoms with Gasteiger partial charge < -0.3 is 0 Å². The molecule has 1 rings (SSSR count). The van der Waals surface area contributed by atoms with Crippen molar-refractivity contribution in [2.75, 3.05) is 0 Å². The monoisotopic (exact) mass is 126 g/mol. The van der Waals surface area contributed by atoms with Crippen LogP contribution in [-0.2, 0) is 4.79 Å². The average molecular weight is 126 g/mol. The molecule has 1 heteroatoms. The minimum atomic E-state index is 0.341. The molecule has 1 saturated carbocycles. The molecule has 1 aliphatic rings. The van der Waals surface area contributed by atoms with Crippen LogP contribution in [0.15, 0.2) is 0 Å². The van der Waals surface area contributed by atoms with Gasteiger partial charge >= 0.3 is 0 Å². The molecule has 0 spiro atoms. The Kier molecular flexibility index (Phi) is 1.89. The highest BCUT2D eigenvalue weighted by molar-refractivity contribution is 5.83.